The summed E-state index contributed by atoms with van der Waals surface area (Å²) in [5, 5.41) is 10.9. The fourth-order valence-electron chi connectivity index (χ4n) is 1.92. The topological polar surface area (TPSA) is 77.3 Å². The SMILES string of the molecule is O=[N+]([O-])c1ccccc1CCS(=O)(=O)c1cccc(F)c1. The van der Waals surface area contributed by atoms with Crippen LogP contribution in [0.5, 0.6) is 0 Å². The maximum absolute atomic E-state index is 13.1. The molecule has 0 atom stereocenters. The summed E-state index contributed by atoms with van der Waals surface area (Å²) in [5.74, 6) is -0.955. The van der Waals surface area contributed by atoms with Crippen molar-refractivity contribution in [3.63, 3.8) is 0 Å². The van der Waals surface area contributed by atoms with Crippen LogP contribution in [0.1, 0.15) is 5.56 Å². The second-order valence-corrected chi connectivity index (χ2v) is 6.52. The number of nitro groups is 1. The third kappa shape index (κ3) is 3.63. The molecule has 5 nitrogen and oxygen atoms in total. The summed E-state index contributed by atoms with van der Waals surface area (Å²) < 4.78 is 37.3. The first-order valence-electron chi connectivity index (χ1n) is 6.11. The lowest BCUT2D eigenvalue weighted by atomic mass is 10.1. The molecule has 0 heterocycles. The second-order valence-electron chi connectivity index (χ2n) is 4.41. The molecule has 0 N–H and O–H groups in total. The first-order valence-corrected chi connectivity index (χ1v) is 7.76. The van der Waals surface area contributed by atoms with Crippen molar-refractivity contribution < 1.29 is 17.7 Å². The Morgan fingerprint density at radius 2 is 1.81 bits per heavy atom. The van der Waals surface area contributed by atoms with E-state index in [1.165, 1.54) is 30.3 Å². The number of rotatable bonds is 5. The molecule has 0 fully saturated rings. The van der Waals surface area contributed by atoms with Gasteiger partial charge in [-0.25, -0.2) is 12.8 Å². The van der Waals surface area contributed by atoms with Gasteiger partial charge in [-0.2, -0.15) is 0 Å². The average molecular weight is 309 g/mol. The van der Waals surface area contributed by atoms with Crippen LogP contribution in [0.25, 0.3) is 0 Å². The number of halogens is 1. The number of hydrogen-bond donors (Lipinski definition) is 0. The standard InChI is InChI=1S/C14H12FNO4S/c15-12-5-3-6-13(10-12)21(19,20)9-8-11-4-1-2-7-14(11)16(17)18/h1-7,10H,8-9H2. The summed E-state index contributed by atoms with van der Waals surface area (Å²) in [5.41, 5.74) is 0.217. The molecule has 0 aliphatic heterocycles. The minimum absolute atomic E-state index is 0.00397. The van der Waals surface area contributed by atoms with Crippen molar-refractivity contribution in [3.05, 3.63) is 70.0 Å². The molecule has 0 bridgehead atoms. The fourth-order valence-corrected chi connectivity index (χ4v) is 3.23. The Hall–Kier alpha value is -2.28. The van der Waals surface area contributed by atoms with Crippen molar-refractivity contribution in [2.24, 2.45) is 0 Å². The van der Waals surface area contributed by atoms with Gasteiger partial charge in [-0.1, -0.05) is 24.3 Å². The Morgan fingerprint density at radius 1 is 1.10 bits per heavy atom. The van der Waals surface area contributed by atoms with Crippen molar-refractivity contribution in [2.45, 2.75) is 11.3 Å². The highest BCUT2D eigenvalue weighted by molar-refractivity contribution is 7.91. The molecule has 0 aliphatic carbocycles. The van der Waals surface area contributed by atoms with Gasteiger partial charge in [-0.05, 0) is 24.6 Å². The summed E-state index contributed by atoms with van der Waals surface area (Å²) in [4.78, 5) is 10.2. The Bertz CT molecular complexity index is 774. The molecule has 0 aromatic heterocycles. The van der Waals surface area contributed by atoms with Crippen LogP contribution in [0.4, 0.5) is 10.1 Å². The van der Waals surface area contributed by atoms with Gasteiger partial charge in [0.1, 0.15) is 5.82 Å². The molecule has 0 saturated carbocycles. The van der Waals surface area contributed by atoms with Crippen LogP contribution in [0.3, 0.4) is 0 Å². The average Bonchev–Trinajstić information content (AvgIpc) is 2.45. The summed E-state index contributed by atoms with van der Waals surface area (Å²) in [7, 11) is -3.69. The normalized spacial score (nSPS) is 11.3. The zero-order valence-corrected chi connectivity index (χ0v) is 11.7. The minimum Gasteiger partial charge on any atom is -0.258 e. The van der Waals surface area contributed by atoms with E-state index in [2.05, 4.69) is 0 Å². The number of nitrogens with zero attached hydrogens (tertiary/aromatic N) is 1. The second kappa shape index (κ2) is 6.01. The summed E-state index contributed by atoms with van der Waals surface area (Å²) in [6.45, 7) is 0. The molecule has 0 spiro atoms. The number of nitro benzene ring substituents is 1. The summed E-state index contributed by atoms with van der Waals surface area (Å²) in [6.07, 6.45) is -0.00397. The van der Waals surface area contributed by atoms with Crippen LogP contribution >= 0.6 is 0 Å². The first-order chi connectivity index (χ1) is 9.90. The lowest BCUT2D eigenvalue weighted by Gasteiger charge is -2.05. The van der Waals surface area contributed by atoms with Gasteiger partial charge in [-0.15, -0.1) is 0 Å². The number of hydrogen-bond acceptors (Lipinski definition) is 4. The number of aryl methyl sites for hydroxylation is 1. The summed E-state index contributed by atoms with van der Waals surface area (Å²) in [6, 6.07) is 10.7. The van der Waals surface area contributed by atoms with E-state index in [1.807, 2.05) is 0 Å². The Labute approximate surface area is 121 Å². The maximum Gasteiger partial charge on any atom is 0.272 e. The predicted molar refractivity (Wildman–Crippen MR) is 75.3 cm³/mol. The lowest BCUT2D eigenvalue weighted by Crippen LogP contribution is -2.10. The molecule has 110 valence electrons. The molecular formula is C14H12FNO4S. The molecular weight excluding hydrogens is 297 g/mol. The molecule has 2 aromatic rings. The maximum atomic E-state index is 13.1. The smallest absolute Gasteiger partial charge is 0.258 e. The van der Waals surface area contributed by atoms with Crippen LogP contribution in [0.2, 0.25) is 0 Å². The van der Waals surface area contributed by atoms with E-state index >= 15 is 0 Å². The van der Waals surface area contributed by atoms with Crippen molar-refractivity contribution >= 4 is 15.5 Å². The fraction of sp³-hybridized carbons (Fsp3) is 0.143. The van der Waals surface area contributed by atoms with E-state index in [0.717, 1.165) is 12.1 Å². The van der Waals surface area contributed by atoms with E-state index in [0.29, 0.717) is 5.56 Å². The third-order valence-corrected chi connectivity index (χ3v) is 4.70. The molecule has 0 radical (unpaired) electrons. The Morgan fingerprint density at radius 3 is 2.48 bits per heavy atom. The van der Waals surface area contributed by atoms with Crippen molar-refractivity contribution in [3.8, 4) is 0 Å². The van der Waals surface area contributed by atoms with Crippen LogP contribution in [0, 0.1) is 15.9 Å². The van der Waals surface area contributed by atoms with Gasteiger partial charge in [0.25, 0.3) is 5.69 Å². The van der Waals surface area contributed by atoms with Crippen molar-refractivity contribution in [1.82, 2.24) is 0 Å². The van der Waals surface area contributed by atoms with E-state index in [-0.39, 0.29) is 22.8 Å². The Balaban J connectivity index is 2.22. The largest absolute Gasteiger partial charge is 0.272 e. The number of sulfone groups is 1. The predicted octanol–water partition coefficient (Wildman–Crippen LogP) is 2.75. The lowest BCUT2D eigenvalue weighted by molar-refractivity contribution is -0.385. The molecule has 0 aliphatic rings. The van der Waals surface area contributed by atoms with Crippen LogP contribution in [-0.2, 0) is 16.3 Å². The first kappa shape index (κ1) is 15.1. The van der Waals surface area contributed by atoms with Crippen LogP contribution in [0.15, 0.2) is 53.4 Å². The van der Waals surface area contributed by atoms with E-state index in [4.69, 9.17) is 0 Å². The highest BCUT2D eigenvalue weighted by Gasteiger charge is 2.18. The molecule has 0 amide bonds. The number of benzene rings is 2. The zero-order valence-electron chi connectivity index (χ0n) is 10.9. The number of para-hydroxylation sites is 1. The molecule has 7 heteroatoms. The van der Waals surface area contributed by atoms with E-state index in [1.54, 1.807) is 6.07 Å². The van der Waals surface area contributed by atoms with Crippen LogP contribution in [-0.4, -0.2) is 19.1 Å². The van der Waals surface area contributed by atoms with Gasteiger partial charge in [0.2, 0.25) is 0 Å². The summed E-state index contributed by atoms with van der Waals surface area (Å²) >= 11 is 0. The zero-order chi connectivity index (χ0) is 15.5. The van der Waals surface area contributed by atoms with Gasteiger partial charge in [0.15, 0.2) is 9.84 Å². The minimum atomic E-state index is -3.69. The molecule has 2 rings (SSSR count). The van der Waals surface area contributed by atoms with Crippen molar-refractivity contribution in [2.75, 3.05) is 5.75 Å². The monoisotopic (exact) mass is 309 g/mol. The Kier molecular flexibility index (Phi) is 4.32. The third-order valence-electron chi connectivity index (χ3n) is 2.98. The van der Waals surface area contributed by atoms with Gasteiger partial charge < -0.3 is 0 Å². The van der Waals surface area contributed by atoms with Crippen LogP contribution < -0.4 is 0 Å². The quantitative estimate of drug-likeness (QED) is 0.628. The highest BCUT2D eigenvalue weighted by atomic mass is 32.2. The molecule has 21 heavy (non-hydrogen) atoms. The highest BCUT2D eigenvalue weighted by Crippen LogP contribution is 2.20. The van der Waals surface area contributed by atoms with Crippen molar-refractivity contribution in [1.29, 1.82) is 0 Å². The van der Waals surface area contributed by atoms with E-state index < -0.39 is 20.6 Å². The molecule has 2 aromatic carbocycles. The van der Waals surface area contributed by atoms with Gasteiger partial charge in [0.05, 0.1) is 15.6 Å². The van der Waals surface area contributed by atoms with Gasteiger partial charge >= 0.3 is 0 Å². The molecule has 0 saturated heterocycles. The van der Waals surface area contributed by atoms with Gasteiger partial charge in [-0.3, -0.25) is 10.1 Å². The molecule has 0 unspecified atom stereocenters. The van der Waals surface area contributed by atoms with Gasteiger partial charge in [0, 0.05) is 11.6 Å². The van der Waals surface area contributed by atoms with E-state index in [9.17, 15) is 22.9 Å².